The first-order chi connectivity index (χ1) is 9.95. The second-order valence-electron chi connectivity index (χ2n) is 4.23. The number of rotatable bonds is 5. The summed E-state index contributed by atoms with van der Waals surface area (Å²) in [6.07, 6.45) is 0. The van der Waals surface area contributed by atoms with E-state index in [1.165, 1.54) is 25.1 Å². The number of aromatic nitrogens is 2. The highest BCUT2D eigenvalue weighted by molar-refractivity contribution is 7.11. The van der Waals surface area contributed by atoms with Crippen molar-refractivity contribution in [2.24, 2.45) is 0 Å². The highest BCUT2D eigenvalue weighted by Gasteiger charge is 2.26. The molecule has 0 radical (unpaired) electrons. The van der Waals surface area contributed by atoms with Crippen molar-refractivity contribution in [2.45, 2.75) is 13.5 Å². The van der Waals surface area contributed by atoms with Gasteiger partial charge in [-0.15, -0.1) is 0 Å². The topological polar surface area (TPSA) is 106 Å². The fourth-order valence-corrected chi connectivity index (χ4v) is 2.57. The molecule has 2 rings (SSSR count). The molecule has 0 aliphatic carbocycles. The number of methoxy groups -OCH3 is 1. The van der Waals surface area contributed by atoms with Crippen LogP contribution >= 0.6 is 11.5 Å². The van der Waals surface area contributed by atoms with Crippen molar-refractivity contribution in [1.82, 2.24) is 9.53 Å². The van der Waals surface area contributed by atoms with E-state index in [2.05, 4.69) is 9.53 Å². The lowest BCUT2D eigenvalue weighted by Gasteiger charge is -2.13. The van der Waals surface area contributed by atoms with Crippen LogP contribution in [0.4, 0.5) is 5.00 Å². The van der Waals surface area contributed by atoms with Crippen LogP contribution in [0.2, 0.25) is 0 Å². The smallest absolute Gasteiger partial charge is 0.340 e. The molecular weight excluding hydrogens is 298 g/mol. The Morgan fingerprint density at radius 2 is 2.24 bits per heavy atom. The summed E-state index contributed by atoms with van der Waals surface area (Å²) in [4.78, 5) is 24.7. The molecule has 0 spiro atoms. The van der Waals surface area contributed by atoms with E-state index in [0.29, 0.717) is 11.5 Å². The van der Waals surface area contributed by atoms with Crippen LogP contribution in [0.25, 0.3) is 0 Å². The Balaban J connectivity index is 2.28. The molecule has 0 aromatic carbocycles. The molecule has 0 fully saturated rings. The Bertz CT molecular complexity index is 678. The van der Waals surface area contributed by atoms with Gasteiger partial charge in [0.15, 0.2) is 11.5 Å². The van der Waals surface area contributed by atoms with Gasteiger partial charge in [-0.05, 0) is 18.5 Å². The third-order valence-corrected chi connectivity index (χ3v) is 3.75. The van der Waals surface area contributed by atoms with Crippen LogP contribution in [0.5, 0.6) is 0 Å². The van der Waals surface area contributed by atoms with E-state index in [1.54, 1.807) is 6.92 Å². The van der Waals surface area contributed by atoms with Gasteiger partial charge in [-0.25, -0.2) is 4.79 Å². The number of aromatic carboxylic acids is 1. The first-order valence-electron chi connectivity index (χ1n) is 5.87. The number of ether oxygens (including phenoxy) is 1. The van der Waals surface area contributed by atoms with Crippen LogP contribution in [0.3, 0.4) is 0 Å². The van der Waals surface area contributed by atoms with Crippen molar-refractivity contribution in [3.63, 3.8) is 0 Å². The lowest BCUT2D eigenvalue weighted by Crippen LogP contribution is -2.27. The maximum absolute atomic E-state index is 12.3. The molecule has 0 saturated heterocycles. The van der Waals surface area contributed by atoms with Crippen molar-refractivity contribution < 1.29 is 24.0 Å². The van der Waals surface area contributed by atoms with Crippen molar-refractivity contribution in [3.8, 4) is 0 Å². The first kappa shape index (κ1) is 15.1. The van der Waals surface area contributed by atoms with Crippen LogP contribution in [0.1, 0.15) is 32.3 Å². The number of anilines is 1. The van der Waals surface area contributed by atoms with Crippen molar-refractivity contribution in [2.75, 3.05) is 19.1 Å². The predicted octanol–water partition coefficient (Wildman–Crippen LogP) is 1.56. The van der Waals surface area contributed by atoms with Crippen molar-refractivity contribution in [1.29, 1.82) is 0 Å². The monoisotopic (exact) mass is 311 g/mol. The molecule has 1 amide bonds. The molecule has 9 heteroatoms. The number of aryl methyl sites for hydroxylation is 1. The molecule has 0 aliphatic rings. The number of carboxylic acids is 1. The molecule has 2 aromatic heterocycles. The zero-order valence-electron chi connectivity index (χ0n) is 11.6. The molecule has 0 unspecified atom stereocenters. The van der Waals surface area contributed by atoms with Gasteiger partial charge in [-0.2, -0.15) is 4.37 Å². The van der Waals surface area contributed by atoms with Crippen LogP contribution in [-0.2, 0) is 11.3 Å². The van der Waals surface area contributed by atoms with E-state index in [1.807, 2.05) is 0 Å². The van der Waals surface area contributed by atoms with Gasteiger partial charge in [0.1, 0.15) is 17.2 Å². The van der Waals surface area contributed by atoms with Crippen LogP contribution in [0, 0.1) is 6.92 Å². The summed E-state index contributed by atoms with van der Waals surface area (Å²) in [6, 6.07) is 1.46. The maximum Gasteiger partial charge on any atom is 0.340 e. The molecule has 0 saturated carbocycles. The second kappa shape index (κ2) is 6.02. The van der Waals surface area contributed by atoms with E-state index in [-0.39, 0.29) is 22.9 Å². The van der Waals surface area contributed by atoms with E-state index in [0.717, 1.165) is 11.5 Å². The zero-order chi connectivity index (χ0) is 15.6. The Hall–Kier alpha value is -2.26. The molecule has 1 N–H and O–H groups in total. The molecule has 21 heavy (non-hydrogen) atoms. The van der Waals surface area contributed by atoms with Crippen molar-refractivity contribution in [3.05, 3.63) is 28.8 Å². The molecule has 0 bridgehead atoms. The Morgan fingerprint density at radius 3 is 2.86 bits per heavy atom. The number of hydrogen-bond donors (Lipinski definition) is 1. The summed E-state index contributed by atoms with van der Waals surface area (Å²) in [6.45, 7) is 1.78. The Morgan fingerprint density at radius 1 is 1.52 bits per heavy atom. The summed E-state index contributed by atoms with van der Waals surface area (Å²) >= 11 is 0.944. The molecule has 0 atom stereocenters. The molecule has 2 heterocycles. The van der Waals surface area contributed by atoms with Gasteiger partial charge < -0.3 is 14.4 Å². The lowest BCUT2D eigenvalue weighted by atomic mass is 10.2. The summed E-state index contributed by atoms with van der Waals surface area (Å²) in [5.41, 5.74) is 0.450. The van der Waals surface area contributed by atoms with E-state index >= 15 is 0 Å². The SMILES string of the molecule is COCc1cc(C(=O)N(C)c2snc(C)c2C(=O)O)no1. The van der Waals surface area contributed by atoms with Gasteiger partial charge in [0, 0.05) is 20.2 Å². The molecule has 112 valence electrons. The van der Waals surface area contributed by atoms with Gasteiger partial charge in [0.25, 0.3) is 5.91 Å². The number of hydrogen-bond acceptors (Lipinski definition) is 7. The van der Waals surface area contributed by atoms with E-state index < -0.39 is 11.9 Å². The fraction of sp³-hybridized carbons (Fsp3) is 0.333. The lowest BCUT2D eigenvalue weighted by molar-refractivity contribution is 0.0697. The number of carbonyl (C=O) groups excluding carboxylic acids is 1. The number of carbonyl (C=O) groups is 2. The minimum Gasteiger partial charge on any atom is -0.478 e. The predicted molar refractivity (Wildman–Crippen MR) is 73.8 cm³/mol. The Kier molecular flexibility index (Phi) is 4.34. The minimum atomic E-state index is -1.13. The normalized spacial score (nSPS) is 10.6. The summed E-state index contributed by atoms with van der Waals surface area (Å²) in [5, 5.41) is 13.1. The average molecular weight is 311 g/mol. The second-order valence-corrected chi connectivity index (χ2v) is 4.98. The average Bonchev–Trinajstić information content (AvgIpc) is 3.04. The van der Waals surface area contributed by atoms with Gasteiger partial charge in [-0.3, -0.25) is 9.69 Å². The number of nitrogens with zero attached hydrogens (tertiary/aromatic N) is 3. The largest absolute Gasteiger partial charge is 0.478 e. The maximum atomic E-state index is 12.3. The van der Waals surface area contributed by atoms with Gasteiger partial charge in [-0.1, -0.05) is 5.16 Å². The van der Waals surface area contributed by atoms with Crippen LogP contribution in [0.15, 0.2) is 10.6 Å². The van der Waals surface area contributed by atoms with Crippen LogP contribution in [-0.4, -0.2) is 40.7 Å². The standard InChI is InChI=1S/C12H13N3O5S/c1-6-9(12(17)18)11(21-14-6)15(2)10(16)8-4-7(5-19-3)20-13-8/h4H,5H2,1-3H3,(H,17,18). The van der Waals surface area contributed by atoms with Gasteiger partial charge in [0.2, 0.25) is 0 Å². The summed E-state index contributed by atoms with van der Waals surface area (Å²) in [5.74, 6) is -1.20. The Labute approximate surface area is 124 Å². The zero-order valence-corrected chi connectivity index (χ0v) is 12.4. The highest BCUT2D eigenvalue weighted by atomic mass is 32.1. The third-order valence-electron chi connectivity index (χ3n) is 2.73. The molecule has 2 aromatic rings. The molecule has 0 aliphatic heterocycles. The van der Waals surface area contributed by atoms with Crippen molar-refractivity contribution >= 4 is 28.4 Å². The third kappa shape index (κ3) is 2.93. The summed E-state index contributed by atoms with van der Waals surface area (Å²) < 4.78 is 13.8. The number of carboxylic acid groups (broad SMARTS) is 1. The van der Waals surface area contributed by atoms with E-state index in [4.69, 9.17) is 9.26 Å². The fourth-order valence-electron chi connectivity index (χ4n) is 1.72. The summed E-state index contributed by atoms with van der Waals surface area (Å²) in [7, 11) is 2.96. The van der Waals surface area contributed by atoms with Gasteiger partial charge >= 0.3 is 5.97 Å². The molecule has 8 nitrogen and oxygen atoms in total. The van der Waals surface area contributed by atoms with Gasteiger partial charge in [0.05, 0.1) is 5.69 Å². The number of amides is 1. The molecular formula is C12H13N3O5S. The van der Waals surface area contributed by atoms with E-state index in [9.17, 15) is 14.7 Å². The highest BCUT2D eigenvalue weighted by Crippen LogP contribution is 2.28. The first-order valence-corrected chi connectivity index (χ1v) is 6.65. The van der Waals surface area contributed by atoms with Crippen LogP contribution < -0.4 is 4.90 Å². The minimum absolute atomic E-state index is 0.0106. The quantitative estimate of drug-likeness (QED) is 0.893.